The summed E-state index contributed by atoms with van der Waals surface area (Å²) in [5.74, 6) is 1.02. The number of nitrogens with zero attached hydrogens (tertiary/aromatic N) is 4. The summed E-state index contributed by atoms with van der Waals surface area (Å²) >= 11 is 1.25. The van der Waals surface area contributed by atoms with Gasteiger partial charge in [-0.05, 0) is 53.5 Å². The molecule has 164 valence electrons. The van der Waals surface area contributed by atoms with Gasteiger partial charge in [0.15, 0.2) is 5.82 Å². The number of sulfonamides is 1. The Kier molecular flexibility index (Phi) is 5.53. The number of thiophene rings is 1. The second kappa shape index (κ2) is 8.35. The first-order valence-corrected chi connectivity index (χ1v) is 12.9. The van der Waals surface area contributed by atoms with Crippen molar-refractivity contribution in [3.8, 4) is 0 Å². The van der Waals surface area contributed by atoms with E-state index in [-0.39, 0.29) is 13.1 Å². The van der Waals surface area contributed by atoms with Gasteiger partial charge < -0.3 is 0 Å². The van der Waals surface area contributed by atoms with E-state index in [1.807, 2.05) is 18.4 Å². The molecule has 0 fully saturated rings. The maximum absolute atomic E-state index is 13.2. The Labute approximate surface area is 192 Å². The molecule has 32 heavy (non-hydrogen) atoms. The molecule has 0 saturated heterocycles. The van der Waals surface area contributed by atoms with Crippen LogP contribution in [0.5, 0.6) is 0 Å². The number of aliphatic imine (C=N–C) groups is 1. The maximum Gasteiger partial charge on any atom is 0.253 e. The lowest BCUT2D eigenvalue weighted by Gasteiger charge is -2.18. The van der Waals surface area contributed by atoms with E-state index in [4.69, 9.17) is 4.99 Å². The zero-order valence-corrected chi connectivity index (χ0v) is 19.7. The summed E-state index contributed by atoms with van der Waals surface area (Å²) in [6.07, 6.45) is 7.38. The predicted octanol–water partition coefficient (Wildman–Crippen LogP) is 4.93. The molecule has 1 aliphatic heterocycles. The Balaban J connectivity index is 1.48. The number of aromatic nitrogens is 2. The molecule has 0 bridgehead atoms. The van der Waals surface area contributed by atoms with Crippen LogP contribution in [0.2, 0.25) is 0 Å². The van der Waals surface area contributed by atoms with Crippen molar-refractivity contribution in [2.45, 2.75) is 49.9 Å². The maximum atomic E-state index is 13.2. The molecule has 1 unspecified atom stereocenters. The van der Waals surface area contributed by atoms with E-state index in [1.54, 1.807) is 0 Å². The number of rotatable bonds is 3. The number of fused-ring (bicyclic) bond motifs is 2. The molecule has 6 nitrogen and oxygen atoms in total. The lowest BCUT2D eigenvalue weighted by Crippen LogP contribution is -2.25. The number of aryl methyl sites for hydroxylation is 1. The molecule has 3 heterocycles. The zero-order chi connectivity index (χ0) is 22.3. The molecule has 0 radical (unpaired) electrons. The van der Waals surface area contributed by atoms with Gasteiger partial charge in [0, 0.05) is 24.2 Å². The summed E-state index contributed by atoms with van der Waals surface area (Å²) in [5.41, 5.74) is 5.81. The van der Waals surface area contributed by atoms with Crippen LogP contribution in [0.4, 0.5) is 5.82 Å². The van der Waals surface area contributed by atoms with Crippen LogP contribution in [-0.4, -0.2) is 28.4 Å². The summed E-state index contributed by atoms with van der Waals surface area (Å²) < 4.78 is 28.2. The number of hydrogen-bond donors (Lipinski definition) is 0. The molecular formula is C24H24N4O2S2. The number of hydrogen-bond acceptors (Lipinski definition) is 6. The van der Waals surface area contributed by atoms with Crippen molar-refractivity contribution in [3.63, 3.8) is 0 Å². The third-order valence-corrected chi connectivity index (χ3v) is 9.53. The summed E-state index contributed by atoms with van der Waals surface area (Å²) in [6.45, 7) is 4.54. The molecule has 1 atom stereocenters. The average Bonchev–Trinajstić information content (AvgIpc) is 3.40. The van der Waals surface area contributed by atoms with E-state index >= 15 is 0 Å². The van der Waals surface area contributed by atoms with Gasteiger partial charge in [-0.15, -0.1) is 11.3 Å². The minimum atomic E-state index is -3.58. The van der Waals surface area contributed by atoms with E-state index in [0.717, 1.165) is 29.0 Å². The highest BCUT2D eigenvalue weighted by atomic mass is 32.2. The fourth-order valence-electron chi connectivity index (χ4n) is 4.32. The standard InChI is InChI=1S/C24H24N4O2S2/c1-16-6-5-8-19(12-18-7-3-4-9-20(16)18)27-23-21-13-28(14-22(21)25-15-26-23)32(29,30)24-17(2)10-11-31-24/h3-5,7-11,15-16H,6,12-14H2,1-2H3/b8-5+,27-19?. The Hall–Kier alpha value is -2.68. The van der Waals surface area contributed by atoms with Crippen molar-refractivity contribution in [2.75, 3.05) is 0 Å². The van der Waals surface area contributed by atoms with Crippen molar-refractivity contribution >= 4 is 32.9 Å². The van der Waals surface area contributed by atoms with Crippen LogP contribution in [0.15, 0.2) is 63.4 Å². The summed E-state index contributed by atoms with van der Waals surface area (Å²) in [7, 11) is -3.58. The van der Waals surface area contributed by atoms with Gasteiger partial charge in [0.2, 0.25) is 0 Å². The van der Waals surface area contributed by atoms with E-state index < -0.39 is 10.0 Å². The lowest BCUT2D eigenvalue weighted by molar-refractivity contribution is 0.431. The second-order valence-electron chi connectivity index (χ2n) is 8.30. The van der Waals surface area contributed by atoms with Crippen LogP contribution in [0.25, 0.3) is 0 Å². The van der Waals surface area contributed by atoms with Crippen LogP contribution in [0.3, 0.4) is 0 Å². The Bertz CT molecular complexity index is 1340. The average molecular weight is 465 g/mol. The SMILES string of the molecule is Cc1ccsc1S(=O)(=O)N1Cc2ncnc(N=C3/C=C/CC(C)c4ccccc4C3)c2C1. The van der Waals surface area contributed by atoms with Gasteiger partial charge >= 0.3 is 0 Å². The number of allylic oxidation sites excluding steroid dienone is 2. The summed E-state index contributed by atoms with van der Waals surface area (Å²) in [4.78, 5) is 13.6. The van der Waals surface area contributed by atoms with E-state index in [1.165, 1.54) is 33.1 Å². The largest absolute Gasteiger partial charge is 0.253 e. The van der Waals surface area contributed by atoms with Gasteiger partial charge in [-0.1, -0.05) is 37.3 Å². The first-order valence-electron chi connectivity index (χ1n) is 10.6. The van der Waals surface area contributed by atoms with Gasteiger partial charge in [-0.3, -0.25) is 0 Å². The van der Waals surface area contributed by atoms with Crippen molar-refractivity contribution in [3.05, 3.63) is 82.1 Å². The fraction of sp³-hybridized carbons (Fsp3) is 0.292. The highest BCUT2D eigenvalue weighted by molar-refractivity contribution is 7.91. The molecule has 0 N–H and O–H groups in total. The Morgan fingerprint density at radius 3 is 2.81 bits per heavy atom. The van der Waals surface area contributed by atoms with Crippen LogP contribution >= 0.6 is 11.3 Å². The molecule has 0 saturated carbocycles. The van der Waals surface area contributed by atoms with Crippen LogP contribution in [0.1, 0.15) is 47.2 Å². The first-order chi connectivity index (χ1) is 15.4. The van der Waals surface area contributed by atoms with Gasteiger partial charge in [0.25, 0.3) is 10.0 Å². The predicted molar refractivity (Wildman–Crippen MR) is 127 cm³/mol. The minimum Gasteiger partial charge on any atom is -0.239 e. The normalized spacial score (nSPS) is 21.1. The molecule has 2 aromatic heterocycles. The van der Waals surface area contributed by atoms with Gasteiger partial charge in [-0.2, -0.15) is 4.31 Å². The van der Waals surface area contributed by atoms with Crippen LogP contribution in [0, 0.1) is 6.92 Å². The molecule has 0 spiro atoms. The molecule has 0 amide bonds. The number of benzene rings is 1. The first kappa shape index (κ1) is 21.2. The monoisotopic (exact) mass is 464 g/mol. The second-order valence-corrected chi connectivity index (χ2v) is 11.4. The van der Waals surface area contributed by atoms with Gasteiger partial charge in [0.1, 0.15) is 10.5 Å². The van der Waals surface area contributed by atoms with Crippen molar-refractivity contribution in [1.82, 2.24) is 14.3 Å². The van der Waals surface area contributed by atoms with Crippen LogP contribution in [-0.2, 0) is 29.5 Å². The van der Waals surface area contributed by atoms with Crippen LogP contribution < -0.4 is 0 Å². The molecule has 1 aliphatic carbocycles. The van der Waals surface area contributed by atoms with E-state index in [0.29, 0.717) is 22.4 Å². The third-order valence-electron chi connectivity index (χ3n) is 6.07. The molecule has 1 aromatic carbocycles. The van der Waals surface area contributed by atoms with Crippen molar-refractivity contribution in [2.24, 2.45) is 4.99 Å². The molecule has 2 aliphatic rings. The lowest BCUT2D eigenvalue weighted by atomic mass is 9.88. The molecule has 8 heteroatoms. The molecular weight excluding hydrogens is 440 g/mol. The van der Waals surface area contributed by atoms with E-state index in [2.05, 4.69) is 53.3 Å². The highest BCUT2D eigenvalue weighted by Crippen LogP contribution is 2.35. The quantitative estimate of drug-likeness (QED) is 0.551. The third kappa shape index (κ3) is 3.83. The van der Waals surface area contributed by atoms with Gasteiger partial charge in [0.05, 0.1) is 12.2 Å². The van der Waals surface area contributed by atoms with Crippen molar-refractivity contribution in [1.29, 1.82) is 0 Å². The molecule has 3 aromatic rings. The Morgan fingerprint density at radius 1 is 1.16 bits per heavy atom. The summed E-state index contributed by atoms with van der Waals surface area (Å²) in [5, 5.41) is 1.81. The molecule has 5 rings (SSSR count). The minimum absolute atomic E-state index is 0.235. The highest BCUT2D eigenvalue weighted by Gasteiger charge is 2.34. The van der Waals surface area contributed by atoms with Gasteiger partial charge in [-0.25, -0.2) is 23.4 Å². The Morgan fingerprint density at radius 2 is 2.00 bits per heavy atom. The fourth-order valence-corrected chi connectivity index (χ4v) is 7.24. The zero-order valence-electron chi connectivity index (χ0n) is 18.0. The van der Waals surface area contributed by atoms with Crippen molar-refractivity contribution < 1.29 is 8.42 Å². The summed E-state index contributed by atoms with van der Waals surface area (Å²) in [6, 6.07) is 10.3. The van der Waals surface area contributed by atoms with E-state index in [9.17, 15) is 8.42 Å². The smallest absolute Gasteiger partial charge is 0.239 e. The topological polar surface area (TPSA) is 75.5 Å².